The van der Waals surface area contributed by atoms with Crippen molar-refractivity contribution in [2.24, 2.45) is 0 Å². The molecule has 2 aliphatic heterocycles. The Morgan fingerprint density at radius 2 is 1.67 bits per heavy atom. The van der Waals surface area contributed by atoms with Crippen LogP contribution in [0.1, 0.15) is 19.4 Å². The Kier molecular flexibility index (Phi) is 9.20. The summed E-state index contributed by atoms with van der Waals surface area (Å²) in [6, 6.07) is 5.24. The lowest BCUT2D eigenvalue weighted by molar-refractivity contribution is -0.137. The lowest BCUT2D eigenvalue weighted by Gasteiger charge is -2.40. The van der Waals surface area contributed by atoms with E-state index in [9.17, 15) is 30.4 Å². The van der Waals surface area contributed by atoms with Crippen molar-refractivity contribution in [3.8, 4) is 0 Å². The van der Waals surface area contributed by atoms with E-state index in [-0.39, 0.29) is 35.2 Å². The number of sulfonamides is 1. The first kappa shape index (κ1) is 28.6. The van der Waals surface area contributed by atoms with Gasteiger partial charge in [-0.2, -0.15) is 17.5 Å². The van der Waals surface area contributed by atoms with Crippen molar-refractivity contribution < 1.29 is 30.4 Å². The van der Waals surface area contributed by atoms with E-state index in [4.69, 9.17) is 11.6 Å². The van der Waals surface area contributed by atoms with Gasteiger partial charge in [-0.1, -0.05) is 11.6 Å². The fraction of sp³-hybridized carbons (Fsp3) is 0.478. The Bertz CT molecular complexity index is 1160. The normalized spacial score (nSPS) is 21.6. The Morgan fingerprint density at radius 1 is 1.00 bits per heavy atom. The van der Waals surface area contributed by atoms with Gasteiger partial charge in [-0.15, -0.1) is 0 Å². The van der Waals surface area contributed by atoms with E-state index in [0.29, 0.717) is 12.1 Å². The molecule has 36 heavy (non-hydrogen) atoms. The molecule has 6 nitrogen and oxygen atoms in total. The van der Waals surface area contributed by atoms with Crippen molar-refractivity contribution in [2.75, 3.05) is 44.2 Å². The Labute approximate surface area is 212 Å². The standard InChI is InChI=1S/C18H16ClF5N2O2S.C5H12N2/c1-11-10-25(16-4-2-12(20)8-14(16)18(22,23)24)6-7-26(11)29(27,28)17-5-3-13(21)9-15(17)19;1-5-4-6-2-3-7-5/h2-5,8-9,11H,6-7,10H2,1H3;5-7H,2-4H2,1H3/t11-;/m1./s1. The molecule has 2 heterocycles. The molecule has 1 unspecified atom stereocenters. The van der Waals surface area contributed by atoms with Crippen LogP contribution in [0.2, 0.25) is 5.02 Å². The summed E-state index contributed by atoms with van der Waals surface area (Å²) in [5, 5.41) is 6.31. The zero-order valence-corrected chi connectivity index (χ0v) is 21.3. The predicted molar refractivity (Wildman–Crippen MR) is 129 cm³/mol. The van der Waals surface area contributed by atoms with Crippen LogP contribution < -0.4 is 15.5 Å². The molecule has 0 spiro atoms. The molecule has 2 aromatic rings. The van der Waals surface area contributed by atoms with Crippen molar-refractivity contribution in [1.82, 2.24) is 14.9 Å². The van der Waals surface area contributed by atoms with E-state index in [2.05, 4.69) is 17.6 Å². The quantitative estimate of drug-likeness (QED) is 0.559. The molecule has 2 aromatic carbocycles. The summed E-state index contributed by atoms with van der Waals surface area (Å²) in [7, 11) is -4.08. The number of nitrogens with one attached hydrogen (secondary N) is 2. The molecule has 0 radical (unpaired) electrons. The minimum absolute atomic E-state index is 0.0445. The molecule has 0 aliphatic carbocycles. The van der Waals surface area contributed by atoms with Crippen molar-refractivity contribution in [2.45, 2.75) is 37.0 Å². The summed E-state index contributed by atoms with van der Waals surface area (Å²) < 4.78 is 93.4. The molecule has 2 aliphatic rings. The Hall–Kier alpha value is -1.99. The number of piperazine rings is 2. The van der Waals surface area contributed by atoms with Gasteiger partial charge in [0.25, 0.3) is 0 Å². The second kappa shape index (κ2) is 11.6. The van der Waals surface area contributed by atoms with Crippen LogP contribution in [-0.2, 0) is 16.2 Å². The van der Waals surface area contributed by atoms with Crippen LogP contribution in [0.15, 0.2) is 41.3 Å². The van der Waals surface area contributed by atoms with Gasteiger partial charge in [0, 0.05) is 57.0 Å². The van der Waals surface area contributed by atoms with Gasteiger partial charge >= 0.3 is 6.18 Å². The molecule has 13 heteroatoms. The van der Waals surface area contributed by atoms with Crippen LogP contribution in [0.5, 0.6) is 0 Å². The minimum atomic E-state index is -4.76. The number of hydrogen-bond acceptors (Lipinski definition) is 5. The molecule has 2 N–H and O–H groups in total. The summed E-state index contributed by atoms with van der Waals surface area (Å²) in [4.78, 5) is 1.09. The predicted octanol–water partition coefficient (Wildman–Crippen LogP) is 4.10. The fourth-order valence-corrected chi connectivity index (χ4v) is 6.26. The molecular weight excluding hydrogens is 527 g/mol. The molecule has 2 saturated heterocycles. The van der Waals surface area contributed by atoms with E-state index in [0.717, 1.165) is 54.3 Å². The van der Waals surface area contributed by atoms with Gasteiger partial charge in [0.05, 0.1) is 10.6 Å². The van der Waals surface area contributed by atoms with Gasteiger partial charge in [-0.05, 0) is 50.2 Å². The van der Waals surface area contributed by atoms with Crippen molar-refractivity contribution in [3.05, 3.63) is 58.6 Å². The van der Waals surface area contributed by atoms with Gasteiger partial charge in [0.2, 0.25) is 10.0 Å². The fourth-order valence-electron chi connectivity index (χ4n) is 4.14. The molecular formula is C23H28ClF5N4O2S. The van der Waals surface area contributed by atoms with Gasteiger partial charge in [-0.3, -0.25) is 0 Å². The van der Waals surface area contributed by atoms with Crippen LogP contribution in [0.25, 0.3) is 0 Å². The zero-order valence-electron chi connectivity index (χ0n) is 19.7. The van der Waals surface area contributed by atoms with E-state index < -0.39 is 39.4 Å². The second-order valence-corrected chi connectivity index (χ2v) is 11.0. The second-order valence-electron chi connectivity index (χ2n) is 8.70. The molecule has 0 aromatic heterocycles. The number of halogens is 6. The summed E-state index contributed by atoms with van der Waals surface area (Å²) in [5.41, 5.74) is -1.34. The average Bonchev–Trinajstić information content (AvgIpc) is 2.79. The Morgan fingerprint density at radius 3 is 2.19 bits per heavy atom. The molecule has 2 fully saturated rings. The molecule has 4 rings (SSSR count). The number of benzene rings is 2. The highest BCUT2D eigenvalue weighted by atomic mass is 35.5. The first-order valence-corrected chi connectivity index (χ1v) is 13.1. The van der Waals surface area contributed by atoms with Crippen molar-refractivity contribution >= 4 is 27.3 Å². The molecule has 0 bridgehead atoms. The van der Waals surface area contributed by atoms with Crippen molar-refractivity contribution in [3.63, 3.8) is 0 Å². The summed E-state index contributed by atoms with van der Waals surface area (Å²) in [5.74, 6) is -1.70. The smallest absolute Gasteiger partial charge is 0.368 e. The highest BCUT2D eigenvalue weighted by Gasteiger charge is 2.39. The van der Waals surface area contributed by atoms with E-state index in [1.54, 1.807) is 0 Å². The summed E-state index contributed by atoms with van der Waals surface area (Å²) in [6.07, 6.45) is -4.76. The van der Waals surface area contributed by atoms with Gasteiger partial charge < -0.3 is 15.5 Å². The molecule has 0 saturated carbocycles. The first-order valence-electron chi connectivity index (χ1n) is 11.3. The number of rotatable bonds is 3. The molecule has 0 amide bonds. The third-order valence-corrected chi connectivity index (χ3v) is 8.39. The highest BCUT2D eigenvalue weighted by molar-refractivity contribution is 7.89. The third kappa shape index (κ3) is 6.86. The maximum atomic E-state index is 13.3. The topological polar surface area (TPSA) is 64.7 Å². The van der Waals surface area contributed by atoms with E-state index in [1.165, 1.54) is 11.8 Å². The average molecular weight is 555 g/mol. The molecule has 200 valence electrons. The van der Waals surface area contributed by atoms with Crippen LogP contribution in [0.3, 0.4) is 0 Å². The van der Waals surface area contributed by atoms with Crippen LogP contribution in [0, 0.1) is 11.6 Å². The SMILES string of the molecule is CC1CNCCN1.C[C@@H]1CN(c2ccc(F)cc2C(F)(F)F)CCN1S(=O)(=O)c1ccc(F)cc1Cl. The number of hydrogen-bond donors (Lipinski definition) is 2. The lowest BCUT2D eigenvalue weighted by atomic mass is 10.1. The van der Waals surface area contributed by atoms with E-state index >= 15 is 0 Å². The number of anilines is 1. The van der Waals surface area contributed by atoms with E-state index in [1.807, 2.05) is 0 Å². The van der Waals surface area contributed by atoms with Crippen molar-refractivity contribution in [1.29, 1.82) is 0 Å². The monoisotopic (exact) mass is 554 g/mol. The van der Waals surface area contributed by atoms with Crippen LogP contribution in [0.4, 0.5) is 27.6 Å². The Balaban J connectivity index is 0.000000444. The zero-order chi connectivity index (χ0) is 26.7. The maximum Gasteiger partial charge on any atom is 0.418 e. The highest BCUT2D eigenvalue weighted by Crippen LogP contribution is 2.38. The largest absolute Gasteiger partial charge is 0.418 e. The maximum absolute atomic E-state index is 13.3. The van der Waals surface area contributed by atoms with Gasteiger partial charge in [-0.25, -0.2) is 17.2 Å². The van der Waals surface area contributed by atoms with Crippen LogP contribution >= 0.6 is 11.6 Å². The van der Waals surface area contributed by atoms with Gasteiger partial charge in [0.1, 0.15) is 16.5 Å². The summed E-state index contributed by atoms with van der Waals surface area (Å²) in [6.45, 7) is 6.89. The number of alkyl halides is 3. The first-order chi connectivity index (χ1) is 16.8. The minimum Gasteiger partial charge on any atom is -0.368 e. The van der Waals surface area contributed by atoms with Gasteiger partial charge in [0.15, 0.2) is 0 Å². The third-order valence-electron chi connectivity index (χ3n) is 5.90. The summed E-state index contributed by atoms with van der Waals surface area (Å²) >= 11 is 5.87. The van der Waals surface area contributed by atoms with Crippen LogP contribution in [-0.4, -0.2) is 64.1 Å². The molecule has 2 atom stereocenters. The lowest BCUT2D eigenvalue weighted by Crippen LogP contribution is -2.54. The number of nitrogens with zero attached hydrogens (tertiary/aromatic N) is 2.